The van der Waals surface area contributed by atoms with Crippen molar-refractivity contribution in [2.45, 2.75) is 24.0 Å². The highest BCUT2D eigenvalue weighted by atomic mass is 35.5. The summed E-state index contributed by atoms with van der Waals surface area (Å²) in [5, 5.41) is 0. The molecule has 1 aliphatic heterocycles. The van der Waals surface area contributed by atoms with Crippen molar-refractivity contribution in [1.82, 2.24) is 9.21 Å². The zero-order chi connectivity index (χ0) is 21.6. The van der Waals surface area contributed by atoms with E-state index >= 15 is 0 Å². The molecule has 0 aliphatic carbocycles. The fourth-order valence-corrected chi connectivity index (χ4v) is 6.21. The van der Waals surface area contributed by atoms with Gasteiger partial charge in [-0.1, -0.05) is 23.7 Å². The minimum Gasteiger partial charge on any atom is -0.490 e. The van der Waals surface area contributed by atoms with E-state index in [1.165, 1.54) is 10.4 Å². The Balaban J connectivity index is 1.43. The Morgan fingerprint density at radius 3 is 2.33 bits per heavy atom. The van der Waals surface area contributed by atoms with Crippen LogP contribution in [-0.4, -0.2) is 62.9 Å². The van der Waals surface area contributed by atoms with Gasteiger partial charge < -0.3 is 14.4 Å². The van der Waals surface area contributed by atoms with E-state index in [-0.39, 0.29) is 23.2 Å². The van der Waals surface area contributed by atoms with Crippen LogP contribution in [0.2, 0.25) is 4.34 Å². The number of ether oxygens (including phenoxy) is 2. The van der Waals surface area contributed by atoms with E-state index in [0.717, 1.165) is 11.3 Å². The molecule has 2 heterocycles. The third-order valence-corrected chi connectivity index (χ3v) is 8.27. The van der Waals surface area contributed by atoms with Crippen LogP contribution in [0.15, 0.2) is 40.6 Å². The number of piperazine rings is 1. The molecule has 0 radical (unpaired) electrons. The number of nitrogens with zero attached hydrogens (tertiary/aromatic N) is 2. The Bertz CT molecular complexity index is 956. The smallest absolute Gasteiger partial charge is 0.252 e. The SMILES string of the molecule is CCOc1ccccc1OCCCC(=O)N1CCN(S(=O)(=O)c2ccc(Cl)s2)CC1. The summed E-state index contributed by atoms with van der Waals surface area (Å²) in [5.74, 6) is 1.36. The van der Waals surface area contributed by atoms with Gasteiger partial charge in [-0.15, -0.1) is 11.3 Å². The zero-order valence-corrected chi connectivity index (χ0v) is 19.1. The third-order valence-electron chi connectivity index (χ3n) is 4.68. The highest BCUT2D eigenvalue weighted by molar-refractivity contribution is 7.91. The van der Waals surface area contributed by atoms with E-state index < -0.39 is 10.0 Å². The van der Waals surface area contributed by atoms with Crippen molar-refractivity contribution in [3.8, 4) is 11.5 Å². The monoisotopic (exact) mass is 472 g/mol. The Kier molecular flexibility index (Phi) is 7.99. The standard InChI is InChI=1S/C20H25ClN2O5S2/c1-2-27-16-6-3-4-7-17(16)28-15-5-8-19(24)22-11-13-23(14-12-22)30(25,26)20-10-9-18(21)29-20/h3-4,6-7,9-10H,2,5,8,11-15H2,1H3. The topological polar surface area (TPSA) is 76.2 Å². The molecule has 30 heavy (non-hydrogen) atoms. The van der Waals surface area contributed by atoms with Crippen molar-refractivity contribution in [2.75, 3.05) is 39.4 Å². The molecule has 1 aromatic heterocycles. The number of hydrogen-bond acceptors (Lipinski definition) is 6. The maximum atomic E-state index is 12.6. The molecule has 0 atom stereocenters. The van der Waals surface area contributed by atoms with Crippen LogP contribution in [0.3, 0.4) is 0 Å². The van der Waals surface area contributed by atoms with Crippen LogP contribution in [0, 0.1) is 0 Å². The molecule has 164 valence electrons. The predicted octanol–water partition coefficient (Wildman–Crippen LogP) is 3.49. The van der Waals surface area contributed by atoms with E-state index in [1.807, 2.05) is 31.2 Å². The van der Waals surface area contributed by atoms with Crippen molar-refractivity contribution in [3.63, 3.8) is 0 Å². The van der Waals surface area contributed by atoms with Gasteiger partial charge >= 0.3 is 0 Å². The first-order valence-electron chi connectivity index (χ1n) is 9.79. The Morgan fingerprint density at radius 2 is 1.73 bits per heavy atom. The molecule has 1 amide bonds. The number of amides is 1. The molecule has 7 nitrogen and oxygen atoms in total. The molecule has 3 rings (SSSR count). The molecule has 1 fully saturated rings. The molecule has 10 heteroatoms. The average Bonchev–Trinajstić information content (AvgIpc) is 3.19. The summed E-state index contributed by atoms with van der Waals surface area (Å²) in [7, 11) is -3.55. The molecular formula is C20H25ClN2O5S2. The van der Waals surface area contributed by atoms with Crippen molar-refractivity contribution in [1.29, 1.82) is 0 Å². The van der Waals surface area contributed by atoms with Crippen LogP contribution in [0.4, 0.5) is 0 Å². The van der Waals surface area contributed by atoms with Crippen LogP contribution >= 0.6 is 22.9 Å². The maximum Gasteiger partial charge on any atom is 0.252 e. The van der Waals surface area contributed by atoms with Gasteiger partial charge in [-0.25, -0.2) is 8.42 Å². The summed E-state index contributed by atoms with van der Waals surface area (Å²) in [6.07, 6.45) is 0.926. The van der Waals surface area contributed by atoms with Crippen molar-refractivity contribution < 1.29 is 22.7 Å². The number of carbonyl (C=O) groups is 1. The first-order chi connectivity index (χ1) is 14.4. The summed E-state index contributed by atoms with van der Waals surface area (Å²) in [6, 6.07) is 10.5. The summed E-state index contributed by atoms with van der Waals surface area (Å²) >= 11 is 6.90. The number of hydrogen-bond donors (Lipinski definition) is 0. The highest BCUT2D eigenvalue weighted by Gasteiger charge is 2.30. The first kappa shape index (κ1) is 22.9. The van der Waals surface area contributed by atoms with Gasteiger partial charge in [0.1, 0.15) is 4.21 Å². The van der Waals surface area contributed by atoms with E-state index in [9.17, 15) is 13.2 Å². The van der Waals surface area contributed by atoms with Gasteiger partial charge in [0, 0.05) is 32.6 Å². The van der Waals surface area contributed by atoms with Gasteiger partial charge in [0.2, 0.25) is 5.91 Å². The van der Waals surface area contributed by atoms with Gasteiger partial charge in [0.05, 0.1) is 17.6 Å². The van der Waals surface area contributed by atoms with Crippen LogP contribution in [-0.2, 0) is 14.8 Å². The minimum absolute atomic E-state index is 0.00732. The molecule has 0 bridgehead atoms. The van der Waals surface area contributed by atoms with E-state index in [1.54, 1.807) is 11.0 Å². The third kappa shape index (κ3) is 5.66. The maximum absolute atomic E-state index is 12.6. The molecule has 1 saturated heterocycles. The normalized spacial score (nSPS) is 15.2. The largest absolute Gasteiger partial charge is 0.490 e. The molecule has 0 saturated carbocycles. The van der Waals surface area contributed by atoms with Crippen molar-refractivity contribution in [3.05, 3.63) is 40.7 Å². The van der Waals surface area contributed by atoms with E-state index in [4.69, 9.17) is 21.1 Å². The second-order valence-corrected chi connectivity index (χ2v) is 10.6. The summed E-state index contributed by atoms with van der Waals surface area (Å²) in [4.78, 5) is 14.2. The van der Waals surface area contributed by atoms with Gasteiger partial charge in [-0.3, -0.25) is 4.79 Å². The lowest BCUT2D eigenvalue weighted by molar-refractivity contribution is -0.132. The number of halogens is 1. The lowest BCUT2D eigenvalue weighted by atomic mass is 10.2. The van der Waals surface area contributed by atoms with Crippen LogP contribution < -0.4 is 9.47 Å². The summed E-state index contributed by atoms with van der Waals surface area (Å²) < 4.78 is 38.6. The summed E-state index contributed by atoms with van der Waals surface area (Å²) in [6.45, 7) is 4.19. The quantitative estimate of drug-likeness (QED) is 0.522. The van der Waals surface area contributed by atoms with Gasteiger partial charge in [-0.2, -0.15) is 4.31 Å². The van der Waals surface area contributed by atoms with Crippen molar-refractivity contribution >= 4 is 38.9 Å². The number of rotatable bonds is 9. The lowest BCUT2D eigenvalue weighted by Crippen LogP contribution is -2.50. The number of para-hydroxylation sites is 2. The van der Waals surface area contributed by atoms with E-state index in [0.29, 0.717) is 55.0 Å². The zero-order valence-electron chi connectivity index (χ0n) is 16.8. The van der Waals surface area contributed by atoms with Gasteiger partial charge in [0.25, 0.3) is 10.0 Å². The second-order valence-electron chi connectivity index (χ2n) is 6.68. The fourth-order valence-electron chi connectivity index (χ4n) is 3.15. The summed E-state index contributed by atoms with van der Waals surface area (Å²) in [5.41, 5.74) is 0. The average molecular weight is 473 g/mol. The van der Waals surface area contributed by atoms with Crippen molar-refractivity contribution in [2.24, 2.45) is 0 Å². The van der Waals surface area contributed by atoms with E-state index in [2.05, 4.69) is 0 Å². The van der Waals surface area contributed by atoms with Crippen LogP contribution in [0.1, 0.15) is 19.8 Å². The molecular weight excluding hydrogens is 448 g/mol. The molecule has 1 aliphatic rings. The number of carbonyl (C=O) groups excluding carboxylic acids is 1. The second kappa shape index (κ2) is 10.5. The molecule has 1 aromatic carbocycles. The van der Waals surface area contributed by atoms with Crippen LogP contribution in [0.5, 0.6) is 11.5 Å². The molecule has 0 spiro atoms. The number of benzene rings is 1. The molecule has 0 unspecified atom stereocenters. The van der Waals surface area contributed by atoms with Crippen LogP contribution in [0.25, 0.3) is 0 Å². The Hall–Kier alpha value is -1.81. The first-order valence-corrected chi connectivity index (χ1v) is 12.4. The Labute approximate surface area is 186 Å². The van der Waals surface area contributed by atoms with Gasteiger partial charge in [-0.05, 0) is 37.6 Å². The molecule has 0 N–H and O–H groups in total. The molecule has 2 aromatic rings. The predicted molar refractivity (Wildman–Crippen MR) is 117 cm³/mol. The lowest BCUT2D eigenvalue weighted by Gasteiger charge is -2.33. The Morgan fingerprint density at radius 1 is 1.07 bits per heavy atom. The number of sulfonamides is 1. The fraction of sp³-hybridized carbons (Fsp3) is 0.450. The number of thiophene rings is 1. The van der Waals surface area contributed by atoms with Gasteiger partial charge in [0.15, 0.2) is 11.5 Å². The highest BCUT2D eigenvalue weighted by Crippen LogP contribution is 2.29. The minimum atomic E-state index is -3.55.